The number of hydrogen-bond donors (Lipinski definition) is 2. The number of imidazole rings is 1. The van der Waals surface area contributed by atoms with Crippen molar-refractivity contribution in [1.29, 1.82) is 0 Å². The molecule has 0 saturated carbocycles. The standard InChI is InChI=1S/C14H16BrN5/c1-8-17-10-6-9(4-5-12(10)20(8)3)14-13(15)11(7-16-2)18-19-14/h4-6,16H,7H2,1-3H3,(H,18,19). The lowest BCUT2D eigenvalue weighted by molar-refractivity contribution is 0.781. The first-order chi connectivity index (χ1) is 9.61. The predicted octanol–water partition coefficient (Wildman–Crippen LogP) is 2.75. The van der Waals surface area contributed by atoms with E-state index < -0.39 is 0 Å². The fraction of sp³-hybridized carbons (Fsp3) is 0.286. The summed E-state index contributed by atoms with van der Waals surface area (Å²) in [6, 6.07) is 6.24. The van der Waals surface area contributed by atoms with Gasteiger partial charge in [0, 0.05) is 19.2 Å². The Kier molecular flexibility index (Phi) is 3.35. The topological polar surface area (TPSA) is 58.5 Å². The van der Waals surface area contributed by atoms with E-state index in [-0.39, 0.29) is 0 Å². The van der Waals surface area contributed by atoms with Crippen molar-refractivity contribution in [1.82, 2.24) is 25.1 Å². The molecule has 5 nitrogen and oxygen atoms in total. The first kappa shape index (κ1) is 13.3. The molecular formula is C14H16BrN5. The molecule has 3 aromatic rings. The molecule has 0 aliphatic carbocycles. The van der Waals surface area contributed by atoms with Crippen molar-refractivity contribution in [2.45, 2.75) is 13.5 Å². The van der Waals surface area contributed by atoms with Crippen LogP contribution in [-0.4, -0.2) is 26.8 Å². The fourth-order valence-corrected chi connectivity index (χ4v) is 2.86. The summed E-state index contributed by atoms with van der Waals surface area (Å²) in [5, 5.41) is 10.6. The number of hydrogen-bond acceptors (Lipinski definition) is 3. The average Bonchev–Trinajstić information content (AvgIpc) is 2.92. The zero-order chi connectivity index (χ0) is 14.3. The molecule has 0 atom stereocenters. The third-order valence-corrected chi connectivity index (χ3v) is 4.36. The largest absolute Gasteiger partial charge is 0.331 e. The normalized spacial score (nSPS) is 11.4. The van der Waals surface area contributed by atoms with E-state index in [9.17, 15) is 0 Å². The van der Waals surface area contributed by atoms with Crippen LogP contribution in [0.25, 0.3) is 22.3 Å². The van der Waals surface area contributed by atoms with E-state index in [4.69, 9.17) is 0 Å². The van der Waals surface area contributed by atoms with Crippen molar-refractivity contribution >= 4 is 27.0 Å². The molecular weight excluding hydrogens is 318 g/mol. The summed E-state index contributed by atoms with van der Waals surface area (Å²) in [6.45, 7) is 2.76. The second-order valence-corrected chi connectivity index (χ2v) is 5.61. The molecule has 0 amide bonds. The molecule has 2 heterocycles. The Labute approximate surface area is 125 Å². The number of halogens is 1. The van der Waals surface area contributed by atoms with Gasteiger partial charge in [0.05, 0.1) is 21.2 Å². The molecule has 0 fully saturated rings. The number of fused-ring (bicyclic) bond motifs is 1. The lowest BCUT2D eigenvalue weighted by Crippen LogP contribution is -2.05. The predicted molar refractivity (Wildman–Crippen MR) is 83.5 cm³/mol. The summed E-state index contributed by atoms with van der Waals surface area (Å²) in [7, 11) is 3.94. The van der Waals surface area contributed by atoms with Gasteiger partial charge < -0.3 is 9.88 Å². The monoisotopic (exact) mass is 333 g/mol. The molecule has 2 aromatic heterocycles. The summed E-state index contributed by atoms with van der Waals surface area (Å²) in [6.07, 6.45) is 0. The van der Waals surface area contributed by atoms with Crippen molar-refractivity contribution < 1.29 is 0 Å². The molecule has 0 bridgehead atoms. The summed E-state index contributed by atoms with van der Waals surface area (Å²) >= 11 is 3.61. The highest BCUT2D eigenvalue weighted by Crippen LogP contribution is 2.30. The Morgan fingerprint density at radius 1 is 1.40 bits per heavy atom. The zero-order valence-electron chi connectivity index (χ0n) is 11.7. The zero-order valence-corrected chi connectivity index (χ0v) is 13.2. The van der Waals surface area contributed by atoms with E-state index in [1.807, 2.05) is 21.0 Å². The van der Waals surface area contributed by atoms with Crippen molar-refractivity contribution in [3.63, 3.8) is 0 Å². The van der Waals surface area contributed by atoms with E-state index in [2.05, 4.69) is 59.2 Å². The summed E-state index contributed by atoms with van der Waals surface area (Å²) in [5.41, 5.74) is 5.14. The lowest BCUT2D eigenvalue weighted by atomic mass is 10.1. The minimum Gasteiger partial charge on any atom is -0.331 e. The van der Waals surface area contributed by atoms with Crippen LogP contribution in [0.15, 0.2) is 22.7 Å². The summed E-state index contributed by atoms with van der Waals surface area (Å²) in [5.74, 6) is 1.01. The molecule has 20 heavy (non-hydrogen) atoms. The van der Waals surface area contributed by atoms with Gasteiger partial charge in [-0.2, -0.15) is 5.10 Å². The van der Waals surface area contributed by atoms with E-state index >= 15 is 0 Å². The number of nitrogens with zero attached hydrogens (tertiary/aromatic N) is 3. The van der Waals surface area contributed by atoms with Crippen molar-refractivity contribution in [3.05, 3.63) is 34.2 Å². The van der Waals surface area contributed by atoms with Crippen molar-refractivity contribution in [3.8, 4) is 11.3 Å². The van der Waals surface area contributed by atoms with Gasteiger partial charge >= 0.3 is 0 Å². The molecule has 0 saturated heterocycles. The SMILES string of the molecule is CNCc1[nH]nc(-c2ccc3c(c2)nc(C)n3C)c1Br. The molecule has 6 heteroatoms. The van der Waals surface area contributed by atoms with Crippen LogP contribution in [0, 0.1) is 6.92 Å². The van der Waals surface area contributed by atoms with Gasteiger partial charge in [-0.3, -0.25) is 5.10 Å². The van der Waals surface area contributed by atoms with Crippen LogP contribution < -0.4 is 5.32 Å². The Morgan fingerprint density at radius 3 is 2.95 bits per heavy atom. The number of rotatable bonds is 3. The second kappa shape index (κ2) is 5.03. The minimum atomic E-state index is 0.749. The Hall–Kier alpha value is -1.66. The van der Waals surface area contributed by atoms with Crippen LogP contribution in [0.5, 0.6) is 0 Å². The highest BCUT2D eigenvalue weighted by molar-refractivity contribution is 9.10. The van der Waals surface area contributed by atoms with Gasteiger partial charge in [-0.15, -0.1) is 0 Å². The van der Waals surface area contributed by atoms with E-state index in [0.29, 0.717) is 0 Å². The van der Waals surface area contributed by atoms with Gasteiger partial charge in [0.15, 0.2) is 0 Å². The Morgan fingerprint density at radius 2 is 2.20 bits per heavy atom. The second-order valence-electron chi connectivity index (χ2n) is 4.82. The van der Waals surface area contributed by atoms with Crippen LogP contribution >= 0.6 is 15.9 Å². The van der Waals surface area contributed by atoms with Gasteiger partial charge in [0.25, 0.3) is 0 Å². The van der Waals surface area contributed by atoms with Gasteiger partial charge in [0.1, 0.15) is 11.5 Å². The minimum absolute atomic E-state index is 0.749. The third-order valence-electron chi connectivity index (χ3n) is 3.51. The number of aryl methyl sites for hydroxylation is 2. The van der Waals surface area contributed by atoms with E-state index in [0.717, 1.165) is 44.8 Å². The number of benzene rings is 1. The lowest BCUT2D eigenvalue weighted by Gasteiger charge is -2.00. The molecule has 0 radical (unpaired) electrons. The first-order valence-corrected chi connectivity index (χ1v) is 7.22. The average molecular weight is 334 g/mol. The van der Waals surface area contributed by atoms with Crippen LogP contribution in [0.1, 0.15) is 11.5 Å². The smallest absolute Gasteiger partial charge is 0.107 e. The maximum atomic E-state index is 4.57. The molecule has 0 aliphatic rings. The quantitative estimate of drug-likeness (QED) is 0.774. The highest BCUT2D eigenvalue weighted by Gasteiger charge is 2.13. The number of H-pyrrole nitrogens is 1. The maximum absolute atomic E-state index is 4.57. The Bertz CT molecular complexity index is 771. The van der Waals surface area contributed by atoms with Crippen LogP contribution in [0.2, 0.25) is 0 Å². The molecule has 0 unspecified atom stereocenters. The van der Waals surface area contributed by atoms with E-state index in [1.165, 1.54) is 0 Å². The number of aromatic nitrogens is 4. The van der Waals surface area contributed by atoms with Gasteiger partial charge in [-0.25, -0.2) is 4.98 Å². The highest BCUT2D eigenvalue weighted by atomic mass is 79.9. The number of aromatic amines is 1. The molecule has 0 spiro atoms. The van der Waals surface area contributed by atoms with Gasteiger partial charge in [0.2, 0.25) is 0 Å². The fourth-order valence-electron chi connectivity index (χ4n) is 2.32. The van der Waals surface area contributed by atoms with Crippen molar-refractivity contribution in [2.75, 3.05) is 7.05 Å². The summed E-state index contributed by atoms with van der Waals surface area (Å²) < 4.78 is 3.09. The molecule has 104 valence electrons. The molecule has 0 aliphatic heterocycles. The molecule has 3 rings (SSSR count). The van der Waals surface area contributed by atoms with Crippen LogP contribution in [0.4, 0.5) is 0 Å². The first-order valence-electron chi connectivity index (χ1n) is 6.42. The van der Waals surface area contributed by atoms with Crippen LogP contribution in [-0.2, 0) is 13.6 Å². The van der Waals surface area contributed by atoms with Gasteiger partial charge in [-0.05, 0) is 42.0 Å². The number of nitrogens with one attached hydrogen (secondary N) is 2. The maximum Gasteiger partial charge on any atom is 0.107 e. The van der Waals surface area contributed by atoms with E-state index in [1.54, 1.807) is 0 Å². The van der Waals surface area contributed by atoms with Gasteiger partial charge in [-0.1, -0.05) is 6.07 Å². The third kappa shape index (κ3) is 2.05. The molecule has 2 N–H and O–H groups in total. The van der Waals surface area contributed by atoms with Crippen molar-refractivity contribution in [2.24, 2.45) is 7.05 Å². The Balaban J connectivity index is 2.10. The summed E-state index contributed by atoms with van der Waals surface area (Å²) in [4.78, 5) is 4.57. The van der Waals surface area contributed by atoms with Crippen LogP contribution in [0.3, 0.4) is 0 Å². The molecule has 1 aromatic carbocycles.